The molecular formula is C13H27NO2. The summed E-state index contributed by atoms with van der Waals surface area (Å²) in [4.78, 5) is 11.2. The highest BCUT2D eigenvalue weighted by atomic mass is 16.4. The minimum absolute atomic E-state index is 0.274. The summed E-state index contributed by atoms with van der Waals surface area (Å²) in [6, 6.07) is 0. The fourth-order valence-corrected chi connectivity index (χ4v) is 1.24. The van der Waals surface area contributed by atoms with Crippen molar-refractivity contribution < 1.29 is 9.90 Å². The van der Waals surface area contributed by atoms with Crippen molar-refractivity contribution in [2.45, 2.75) is 60.4 Å². The normalized spacial score (nSPS) is 13.9. The molecule has 3 heteroatoms. The van der Waals surface area contributed by atoms with Gasteiger partial charge in [0, 0.05) is 5.54 Å². The van der Waals surface area contributed by atoms with Gasteiger partial charge in [-0.3, -0.25) is 4.79 Å². The minimum Gasteiger partial charge on any atom is -0.481 e. The third-order valence-electron chi connectivity index (χ3n) is 3.54. The topological polar surface area (TPSA) is 49.3 Å². The molecule has 0 aromatic carbocycles. The zero-order valence-electron chi connectivity index (χ0n) is 11.8. The molecule has 0 unspecified atom stereocenters. The highest BCUT2D eigenvalue weighted by molar-refractivity contribution is 5.75. The van der Waals surface area contributed by atoms with Gasteiger partial charge in [0.25, 0.3) is 0 Å². The summed E-state index contributed by atoms with van der Waals surface area (Å²) < 4.78 is 0. The molecule has 0 fully saturated rings. The predicted octanol–water partition coefficient (Wildman–Crippen LogP) is 2.90. The Bertz CT molecular complexity index is 249. The first-order valence-electron chi connectivity index (χ1n) is 5.88. The van der Waals surface area contributed by atoms with Crippen LogP contribution in [0.15, 0.2) is 0 Å². The van der Waals surface area contributed by atoms with Gasteiger partial charge >= 0.3 is 5.97 Å². The molecule has 0 atom stereocenters. The lowest BCUT2D eigenvalue weighted by Crippen LogP contribution is -2.55. The molecule has 0 aliphatic heterocycles. The summed E-state index contributed by atoms with van der Waals surface area (Å²) in [7, 11) is 0. The first-order chi connectivity index (χ1) is 6.90. The average Bonchev–Trinajstić information content (AvgIpc) is 2.00. The molecule has 0 amide bonds. The summed E-state index contributed by atoms with van der Waals surface area (Å²) in [5.41, 5.74) is -0.911. The molecule has 0 aromatic heterocycles. The molecular weight excluding hydrogens is 202 g/mol. The van der Waals surface area contributed by atoms with Crippen molar-refractivity contribution in [3.8, 4) is 0 Å². The smallest absolute Gasteiger partial charge is 0.310 e. The van der Waals surface area contributed by atoms with Crippen molar-refractivity contribution in [2.75, 3.05) is 6.54 Å². The molecule has 2 N–H and O–H groups in total. The van der Waals surface area contributed by atoms with Crippen LogP contribution in [0.2, 0.25) is 0 Å². The second-order valence-corrected chi connectivity index (χ2v) is 6.79. The number of aliphatic carboxylic acids is 1. The maximum absolute atomic E-state index is 11.2. The Morgan fingerprint density at radius 1 is 1.06 bits per heavy atom. The van der Waals surface area contributed by atoms with E-state index < -0.39 is 16.9 Å². The molecule has 0 saturated carbocycles. The summed E-state index contributed by atoms with van der Waals surface area (Å²) in [6.07, 6.45) is 1.03. The third-order valence-corrected chi connectivity index (χ3v) is 3.54. The molecule has 0 heterocycles. The number of hydrogen-bond acceptors (Lipinski definition) is 2. The summed E-state index contributed by atoms with van der Waals surface area (Å²) in [6.45, 7) is 14.8. The number of rotatable bonds is 5. The highest BCUT2D eigenvalue weighted by Gasteiger charge is 2.42. The van der Waals surface area contributed by atoms with Crippen molar-refractivity contribution in [1.29, 1.82) is 0 Å². The summed E-state index contributed by atoms with van der Waals surface area (Å²) in [5.74, 6) is -0.763. The van der Waals surface area contributed by atoms with Gasteiger partial charge < -0.3 is 10.4 Å². The van der Waals surface area contributed by atoms with Crippen LogP contribution >= 0.6 is 0 Å². The summed E-state index contributed by atoms with van der Waals surface area (Å²) >= 11 is 0. The van der Waals surface area contributed by atoms with Crippen LogP contribution in [0.1, 0.15) is 54.9 Å². The van der Waals surface area contributed by atoms with Gasteiger partial charge in [-0.2, -0.15) is 0 Å². The Hall–Kier alpha value is -0.570. The van der Waals surface area contributed by atoms with Gasteiger partial charge in [0.1, 0.15) is 0 Å². The fourth-order valence-electron chi connectivity index (χ4n) is 1.24. The molecule has 0 aliphatic carbocycles. The molecule has 16 heavy (non-hydrogen) atoms. The van der Waals surface area contributed by atoms with E-state index in [1.807, 2.05) is 13.8 Å². The van der Waals surface area contributed by atoms with Gasteiger partial charge in [-0.1, -0.05) is 20.8 Å². The number of carboxylic acids is 1. The second-order valence-electron chi connectivity index (χ2n) is 6.79. The van der Waals surface area contributed by atoms with E-state index in [9.17, 15) is 9.90 Å². The van der Waals surface area contributed by atoms with Crippen LogP contribution in [0.4, 0.5) is 0 Å². The van der Waals surface area contributed by atoms with Crippen molar-refractivity contribution >= 4 is 5.97 Å². The number of nitrogens with one attached hydrogen (secondary N) is 1. The molecule has 0 rings (SSSR count). The van der Waals surface area contributed by atoms with E-state index in [1.54, 1.807) is 13.8 Å². The van der Waals surface area contributed by atoms with Gasteiger partial charge in [-0.15, -0.1) is 0 Å². The molecule has 0 saturated heterocycles. The lowest BCUT2D eigenvalue weighted by molar-refractivity contribution is -0.151. The van der Waals surface area contributed by atoms with Crippen molar-refractivity contribution in [3.05, 3.63) is 0 Å². The van der Waals surface area contributed by atoms with Crippen LogP contribution in [0.25, 0.3) is 0 Å². The summed E-state index contributed by atoms with van der Waals surface area (Å²) in [5, 5.41) is 12.6. The standard InChI is InChI=1S/C13H27NO2/c1-11(2,3)8-9-14-13(6,7)12(4,5)10(15)16/h14H,8-9H2,1-7H3,(H,15,16). The van der Waals surface area contributed by atoms with Gasteiger partial charge in [-0.05, 0) is 46.1 Å². The van der Waals surface area contributed by atoms with E-state index in [2.05, 4.69) is 26.1 Å². The van der Waals surface area contributed by atoms with E-state index in [0.717, 1.165) is 13.0 Å². The van der Waals surface area contributed by atoms with Crippen LogP contribution in [0.5, 0.6) is 0 Å². The first kappa shape index (κ1) is 15.4. The van der Waals surface area contributed by atoms with Crippen LogP contribution < -0.4 is 5.32 Å². The SMILES string of the molecule is CC(C)(C)CCNC(C)(C)C(C)(C)C(=O)O. The number of carboxylic acid groups (broad SMARTS) is 1. The van der Waals surface area contributed by atoms with E-state index in [1.165, 1.54) is 0 Å². The average molecular weight is 229 g/mol. The van der Waals surface area contributed by atoms with Crippen LogP contribution in [0.3, 0.4) is 0 Å². The second kappa shape index (κ2) is 4.74. The van der Waals surface area contributed by atoms with Crippen LogP contribution in [-0.4, -0.2) is 23.2 Å². The largest absolute Gasteiger partial charge is 0.481 e. The maximum atomic E-state index is 11.2. The Kier molecular flexibility index (Phi) is 4.57. The van der Waals surface area contributed by atoms with Gasteiger partial charge in [-0.25, -0.2) is 0 Å². The molecule has 3 nitrogen and oxygen atoms in total. The number of hydrogen-bond donors (Lipinski definition) is 2. The van der Waals surface area contributed by atoms with E-state index in [0.29, 0.717) is 0 Å². The molecule has 0 radical (unpaired) electrons. The van der Waals surface area contributed by atoms with E-state index >= 15 is 0 Å². The molecule has 0 spiro atoms. The molecule has 0 aromatic rings. The van der Waals surface area contributed by atoms with Crippen molar-refractivity contribution in [2.24, 2.45) is 10.8 Å². The quantitative estimate of drug-likeness (QED) is 0.762. The predicted molar refractivity (Wildman–Crippen MR) is 67.6 cm³/mol. The van der Waals surface area contributed by atoms with E-state index in [4.69, 9.17) is 0 Å². The van der Waals surface area contributed by atoms with Crippen LogP contribution in [-0.2, 0) is 4.79 Å². The molecule has 0 bridgehead atoms. The van der Waals surface area contributed by atoms with Gasteiger partial charge in [0.2, 0.25) is 0 Å². The zero-order valence-corrected chi connectivity index (χ0v) is 11.8. The van der Waals surface area contributed by atoms with Gasteiger partial charge in [0.15, 0.2) is 0 Å². The Morgan fingerprint density at radius 2 is 1.50 bits per heavy atom. The first-order valence-corrected chi connectivity index (χ1v) is 5.88. The Balaban J connectivity index is 4.42. The lowest BCUT2D eigenvalue weighted by Gasteiger charge is -2.39. The Morgan fingerprint density at radius 3 is 1.81 bits per heavy atom. The zero-order chi connectivity index (χ0) is 13.2. The highest BCUT2D eigenvalue weighted by Crippen LogP contribution is 2.31. The van der Waals surface area contributed by atoms with Crippen LogP contribution in [0, 0.1) is 10.8 Å². The fraction of sp³-hybridized carbons (Fsp3) is 0.923. The number of carbonyl (C=O) groups is 1. The van der Waals surface area contributed by atoms with Crippen molar-refractivity contribution in [1.82, 2.24) is 5.32 Å². The molecule has 0 aliphatic rings. The Labute approximate surface area is 99.6 Å². The minimum atomic E-state index is -0.773. The maximum Gasteiger partial charge on any atom is 0.310 e. The van der Waals surface area contributed by atoms with E-state index in [-0.39, 0.29) is 5.41 Å². The van der Waals surface area contributed by atoms with Crippen molar-refractivity contribution in [3.63, 3.8) is 0 Å². The molecule has 96 valence electrons. The lowest BCUT2D eigenvalue weighted by atomic mass is 9.74. The third kappa shape index (κ3) is 4.12. The van der Waals surface area contributed by atoms with Gasteiger partial charge in [0.05, 0.1) is 5.41 Å². The monoisotopic (exact) mass is 229 g/mol.